The highest BCUT2D eigenvalue weighted by atomic mass is 16.2. The number of fused-ring (bicyclic) bond motifs is 1. The number of nitrogens with one attached hydrogen (secondary N) is 1. The number of carbonyl (C=O) groups is 1. The standard InChI is InChI=1S/C23H36N4O3/c1-8-16(9-2)13-26(10-3)22(29)17-11-18(15(6)7)24-20-19(17)21(28)25-23(30)27(20)12-14(4)5/h11,14-16H,8-10,12-13H2,1-7H3,(H,25,28,30). The first-order valence-electron chi connectivity index (χ1n) is 11.1. The molecule has 30 heavy (non-hydrogen) atoms. The Morgan fingerprint density at radius 3 is 2.27 bits per heavy atom. The minimum Gasteiger partial charge on any atom is -0.339 e. The summed E-state index contributed by atoms with van der Waals surface area (Å²) >= 11 is 0. The van der Waals surface area contributed by atoms with Crippen LogP contribution in [0.1, 0.15) is 83.3 Å². The zero-order chi connectivity index (χ0) is 22.6. The second-order valence-corrected chi connectivity index (χ2v) is 8.74. The van der Waals surface area contributed by atoms with E-state index in [4.69, 9.17) is 0 Å². The van der Waals surface area contributed by atoms with Crippen LogP contribution in [0.4, 0.5) is 0 Å². The van der Waals surface area contributed by atoms with Gasteiger partial charge < -0.3 is 4.90 Å². The number of carbonyl (C=O) groups excluding carboxylic acids is 1. The highest BCUT2D eigenvalue weighted by Crippen LogP contribution is 2.22. The molecule has 0 unspecified atom stereocenters. The first-order valence-corrected chi connectivity index (χ1v) is 11.1. The molecular weight excluding hydrogens is 380 g/mol. The van der Waals surface area contributed by atoms with Crippen molar-refractivity contribution >= 4 is 16.9 Å². The highest BCUT2D eigenvalue weighted by Gasteiger charge is 2.24. The molecule has 0 aliphatic rings. The number of rotatable bonds is 9. The monoisotopic (exact) mass is 416 g/mol. The summed E-state index contributed by atoms with van der Waals surface area (Å²) in [5.74, 6) is 0.460. The van der Waals surface area contributed by atoms with E-state index in [0.717, 1.165) is 12.8 Å². The summed E-state index contributed by atoms with van der Waals surface area (Å²) in [6.07, 6.45) is 1.98. The number of pyridine rings is 1. The van der Waals surface area contributed by atoms with E-state index >= 15 is 0 Å². The van der Waals surface area contributed by atoms with E-state index in [0.29, 0.717) is 42.5 Å². The van der Waals surface area contributed by atoms with Crippen LogP contribution in [-0.4, -0.2) is 38.4 Å². The third-order valence-electron chi connectivity index (χ3n) is 5.64. The first kappa shape index (κ1) is 23.8. The van der Waals surface area contributed by atoms with Crippen LogP contribution in [0.2, 0.25) is 0 Å². The van der Waals surface area contributed by atoms with Crippen molar-refractivity contribution in [3.8, 4) is 0 Å². The number of hydrogen-bond acceptors (Lipinski definition) is 4. The van der Waals surface area contributed by atoms with Crippen LogP contribution in [0.5, 0.6) is 0 Å². The largest absolute Gasteiger partial charge is 0.339 e. The molecule has 0 fully saturated rings. The second kappa shape index (κ2) is 10.0. The average molecular weight is 417 g/mol. The van der Waals surface area contributed by atoms with E-state index < -0.39 is 11.2 Å². The van der Waals surface area contributed by atoms with Crippen LogP contribution in [0, 0.1) is 11.8 Å². The Bertz CT molecular complexity index is 1000. The van der Waals surface area contributed by atoms with E-state index in [-0.39, 0.29) is 23.1 Å². The number of hydrogen-bond donors (Lipinski definition) is 1. The summed E-state index contributed by atoms with van der Waals surface area (Å²) in [5, 5.41) is 0.202. The molecule has 2 aromatic rings. The smallest absolute Gasteiger partial charge is 0.330 e. The molecule has 0 radical (unpaired) electrons. The SMILES string of the molecule is CCC(CC)CN(CC)C(=O)c1cc(C(C)C)nc2c1c(=O)[nH]c(=O)n2CC(C)C. The van der Waals surface area contributed by atoms with Gasteiger partial charge in [-0.15, -0.1) is 0 Å². The van der Waals surface area contributed by atoms with Crippen LogP contribution >= 0.6 is 0 Å². The molecule has 7 nitrogen and oxygen atoms in total. The molecule has 7 heteroatoms. The van der Waals surface area contributed by atoms with Gasteiger partial charge in [0.15, 0.2) is 5.65 Å². The Balaban J connectivity index is 2.78. The van der Waals surface area contributed by atoms with Gasteiger partial charge in [0.05, 0.1) is 10.9 Å². The van der Waals surface area contributed by atoms with Crippen LogP contribution in [0.3, 0.4) is 0 Å². The average Bonchev–Trinajstić information content (AvgIpc) is 2.70. The molecule has 0 aliphatic carbocycles. The van der Waals surface area contributed by atoms with Crippen molar-refractivity contribution in [1.29, 1.82) is 0 Å². The number of aromatic amines is 1. The van der Waals surface area contributed by atoms with E-state index in [1.807, 2.05) is 34.6 Å². The molecule has 2 aromatic heterocycles. The maximum Gasteiger partial charge on any atom is 0.330 e. The predicted octanol–water partition coefficient (Wildman–Crippen LogP) is 3.76. The summed E-state index contributed by atoms with van der Waals surface area (Å²) < 4.78 is 1.49. The number of amides is 1. The lowest BCUT2D eigenvalue weighted by Gasteiger charge is -2.26. The fourth-order valence-electron chi connectivity index (χ4n) is 3.68. The minimum absolute atomic E-state index is 0.0527. The molecule has 1 amide bonds. The number of nitrogens with zero attached hydrogens (tertiary/aromatic N) is 3. The van der Waals surface area contributed by atoms with Gasteiger partial charge in [-0.2, -0.15) is 0 Å². The van der Waals surface area contributed by atoms with E-state index in [9.17, 15) is 14.4 Å². The molecule has 0 bridgehead atoms. The van der Waals surface area contributed by atoms with Gasteiger partial charge in [0.25, 0.3) is 11.5 Å². The second-order valence-electron chi connectivity index (χ2n) is 8.74. The van der Waals surface area contributed by atoms with Gasteiger partial charge >= 0.3 is 5.69 Å². The Labute approximate surface area is 178 Å². The summed E-state index contributed by atoms with van der Waals surface area (Å²) in [6, 6.07) is 1.73. The summed E-state index contributed by atoms with van der Waals surface area (Å²) in [7, 11) is 0. The van der Waals surface area contributed by atoms with E-state index in [1.54, 1.807) is 11.0 Å². The van der Waals surface area contributed by atoms with Crippen LogP contribution < -0.4 is 11.2 Å². The van der Waals surface area contributed by atoms with Crippen molar-refractivity contribution in [2.24, 2.45) is 11.8 Å². The normalized spacial score (nSPS) is 11.8. The van der Waals surface area contributed by atoms with Crippen molar-refractivity contribution in [3.63, 3.8) is 0 Å². The molecule has 166 valence electrons. The molecule has 0 aromatic carbocycles. The minimum atomic E-state index is -0.556. The zero-order valence-electron chi connectivity index (χ0n) is 19.4. The van der Waals surface area contributed by atoms with Gasteiger partial charge in [0, 0.05) is 25.3 Å². The Hall–Kier alpha value is -2.44. The van der Waals surface area contributed by atoms with Crippen LogP contribution in [0.15, 0.2) is 15.7 Å². The van der Waals surface area contributed by atoms with Crippen molar-refractivity contribution < 1.29 is 4.79 Å². The molecular formula is C23H36N4O3. The van der Waals surface area contributed by atoms with E-state index in [1.165, 1.54) is 4.57 Å². The summed E-state index contributed by atoms with van der Waals surface area (Å²) in [5.41, 5.74) is 0.282. The van der Waals surface area contributed by atoms with Crippen LogP contribution in [-0.2, 0) is 6.54 Å². The topological polar surface area (TPSA) is 88.1 Å². The third-order valence-corrected chi connectivity index (χ3v) is 5.64. The summed E-state index contributed by atoms with van der Waals surface area (Å²) in [6.45, 7) is 15.8. The Morgan fingerprint density at radius 2 is 1.77 bits per heavy atom. The maximum atomic E-state index is 13.6. The molecule has 0 saturated heterocycles. The van der Waals surface area contributed by atoms with Gasteiger partial charge in [-0.1, -0.05) is 54.4 Å². The Kier molecular flexibility index (Phi) is 7.98. The first-order chi connectivity index (χ1) is 14.1. The molecule has 2 heterocycles. The molecule has 1 N–H and O–H groups in total. The van der Waals surface area contributed by atoms with Gasteiger partial charge in [-0.05, 0) is 30.7 Å². The lowest BCUT2D eigenvalue weighted by molar-refractivity contribution is 0.0736. The molecule has 0 atom stereocenters. The number of H-pyrrole nitrogens is 1. The van der Waals surface area contributed by atoms with Crippen molar-refractivity contribution in [2.45, 2.75) is 73.8 Å². The Morgan fingerprint density at radius 1 is 1.13 bits per heavy atom. The van der Waals surface area contributed by atoms with Gasteiger partial charge in [-0.3, -0.25) is 19.1 Å². The highest BCUT2D eigenvalue weighted by molar-refractivity contribution is 6.05. The predicted molar refractivity (Wildman–Crippen MR) is 121 cm³/mol. The summed E-state index contributed by atoms with van der Waals surface area (Å²) in [4.78, 5) is 47.7. The fraction of sp³-hybridized carbons (Fsp3) is 0.652. The fourth-order valence-corrected chi connectivity index (χ4v) is 3.68. The lowest BCUT2D eigenvalue weighted by Crippen LogP contribution is -2.37. The molecule has 0 spiro atoms. The van der Waals surface area contributed by atoms with Crippen molar-refractivity contribution in [3.05, 3.63) is 38.2 Å². The van der Waals surface area contributed by atoms with Crippen LogP contribution in [0.25, 0.3) is 11.0 Å². The van der Waals surface area contributed by atoms with Gasteiger partial charge in [0.1, 0.15) is 0 Å². The quantitative estimate of drug-likeness (QED) is 0.674. The molecule has 0 saturated carbocycles. The van der Waals surface area contributed by atoms with Gasteiger partial charge in [-0.25, -0.2) is 9.78 Å². The third kappa shape index (κ3) is 4.99. The van der Waals surface area contributed by atoms with Crippen molar-refractivity contribution in [1.82, 2.24) is 19.4 Å². The zero-order valence-corrected chi connectivity index (χ0v) is 19.4. The van der Waals surface area contributed by atoms with Crippen molar-refractivity contribution in [2.75, 3.05) is 13.1 Å². The molecule has 0 aliphatic heterocycles. The van der Waals surface area contributed by atoms with Gasteiger partial charge in [0.2, 0.25) is 0 Å². The van der Waals surface area contributed by atoms with E-state index in [2.05, 4.69) is 23.8 Å². The molecule has 2 rings (SSSR count). The lowest BCUT2D eigenvalue weighted by atomic mass is 10.0. The maximum absolute atomic E-state index is 13.6. The number of aromatic nitrogens is 3.